The van der Waals surface area contributed by atoms with Crippen LogP contribution in [0, 0.1) is 5.92 Å². The zero-order valence-corrected chi connectivity index (χ0v) is 16.5. The molecule has 0 spiro atoms. The number of ether oxygens (including phenoxy) is 2. The number of anilines is 1. The molecule has 2 aliphatic rings. The Morgan fingerprint density at radius 3 is 2.62 bits per heavy atom. The summed E-state index contributed by atoms with van der Waals surface area (Å²) in [6.07, 6.45) is 5.72. The van der Waals surface area contributed by atoms with E-state index in [-0.39, 0.29) is 6.04 Å². The third-order valence-corrected chi connectivity index (χ3v) is 6.06. The molecule has 1 N–H and O–H groups in total. The Hall–Kier alpha value is -3.20. The van der Waals surface area contributed by atoms with Crippen molar-refractivity contribution in [2.24, 2.45) is 5.92 Å². The Morgan fingerprint density at radius 1 is 0.931 bits per heavy atom. The molecule has 5 rings (SSSR count). The fourth-order valence-electron chi connectivity index (χ4n) is 4.61. The average Bonchev–Trinajstić information content (AvgIpc) is 3.28. The lowest BCUT2D eigenvalue weighted by Gasteiger charge is -2.38. The van der Waals surface area contributed by atoms with Gasteiger partial charge in [-0.25, -0.2) is 0 Å². The fourth-order valence-corrected chi connectivity index (χ4v) is 4.61. The van der Waals surface area contributed by atoms with Gasteiger partial charge in [-0.15, -0.1) is 0 Å². The summed E-state index contributed by atoms with van der Waals surface area (Å²) in [6.45, 7) is 0.574. The topological polar surface area (TPSA) is 30.5 Å². The first kappa shape index (κ1) is 17.9. The Kier molecular flexibility index (Phi) is 4.73. The minimum atomic E-state index is 0.211. The van der Waals surface area contributed by atoms with Gasteiger partial charge in [-0.05, 0) is 47.7 Å². The van der Waals surface area contributed by atoms with Crippen LogP contribution in [0.25, 0.3) is 0 Å². The summed E-state index contributed by atoms with van der Waals surface area (Å²) in [5.41, 5.74) is 4.91. The van der Waals surface area contributed by atoms with Crippen molar-refractivity contribution < 1.29 is 9.47 Å². The highest BCUT2D eigenvalue weighted by Gasteiger charge is 2.39. The molecular weight excluding hydrogens is 358 g/mol. The van der Waals surface area contributed by atoms with Gasteiger partial charge in [0.1, 0.15) is 18.1 Å². The van der Waals surface area contributed by atoms with Gasteiger partial charge in [0.2, 0.25) is 0 Å². The van der Waals surface area contributed by atoms with Crippen molar-refractivity contribution in [1.82, 2.24) is 0 Å². The molecule has 3 aromatic carbocycles. The molecule has 0 fully saturated rings. The molecule has 3 heteroatoms. The third kappa shape index (κ3) is 3.38. The third-order valence-electron chi connectivity index (χ3n) is 6.06. The van der Waals surface area contributed by atoms with E-state index in [2.05, 4.69) is 66.0 Å². The molecule has 3 unspecified atom stereocenters. The van der Waals surface area contributed by atoms with Gasteiger partial charge in [0, 0.05) is 17.2 Å². The molecular formula is C26H25NO2. The molecule has 29 heavy (non-hydrogen) atoms. The van der Waals surface area contributed by atoms with Crippen LogP contribution in [-0.2, 0) is 6.61 Å². The number of nitrogens with one attached hydrogen (secondary N) is 1. The number of hydrogen-bond acceptors (Lipinski definition) is 3. The Balaban J connectivity index is 1.46. The number of para-hydroxylation sites is 1. The Bertz CT molecular complexity index is 1030. The molecule has 1 heterocycles. The first-order valence-electron chi connectivity index (χ1n) is 10.2. The van der Waals surface area contributed by atoms with Crippen LogP contribution in [-0.4, -0.2) is 7.11 Å². The zero-order chi connectivity index (χ0) is 19.6. The fraction of sp³-hybridized carbons (Fsp3) is 0.231. The predicted molar refractivity (Wildman–Crippen MR) is 117 cm³/mol. The summed E-state index contributed by atoms with van der Waals surface area (Å²) in [5.74, 6) is 2.73. The van der Waals surface area contributed by atoms with E-state index in [0.717, 1.165) is 17.9 Å². The lowest BCUT2D eigenvalue weighted by atomic mass is 9.77. The highest BCUT2D eigenvalue weighted by Crippen LogP contribution is 2.51. The minimum absolute atomic E-state index is 0.211. The molecule has 3 aromatic rings. The maximum Gasteiger partial charge on any atom is 0.125 e. The number of methoxy groups -OCH3 is 1. The van der Waals surface area contributed by atoms with Gasteiger partial charge in [0.05, 0.1) is 13.2 Å². The maximum absolute atomic E-state index is 6.27. The van der Waals surface area contributed by atoms with Gasteiger partial charge in [-0.1, -0.05) is 60.7 Å². The van der Waals surface area contributed by atoms with Crippen molar-refractivity contribution >= 4 is 5.69 Å². The van der Waals surface area contributed by atoms with Crippen LogP contribution >= 0.6 is 0 Å². The standard InChI is InChI=1S/C26H25NO2/c1-28-19-14-15-24-23(16-19)20-11-7-12-21(20)26(27-24)22-10-5-6-13-25(22)29-17-18-8-3-2-4-9-18/h2-11,13-16,20-21,26-27H,12,17H2,1H3. The molecule has 0 aromatic heterocycles. The lowest BCUT2D eigenvalue weighted by Crippen LogP contribution is -2.29. The van der Waals surface area contributed by atoms with Gasteiger partial charge < -0.3 is 14.8 Å². The maximum atomic E-state index is 6.27. The molecule has 0 saturated carbocycles. The summed E-state index contributed by atoms with van der Waals surface area (Å²) in [4.78, 5) is 0. The molecule has 0 bridgehead atoms. The van der Waals surface area contributed by atoms with Gasteiger partial charge in [-0.3, -0.25) is 0 Å². The van der Waals surface area contributed by atoms with E-state index in [0.29, 0.717) is 18.4 Å². The summed E-state index contributed by atoms with van der Waals surface area (Å²) >= 11 is 0. The van der Waals surface area contributed by atoms with Crippen LogP contribution < -0.4 is 14.8 Å². The monoisotopic (exact) mass is 383 g/mol. The van der Waals surface area contributed by atoms with Crippen molar-refractivity contribution in [2.45, 2.75) is 25.0 Å². The van der Waals surface area contributed by atoms with E-state index < -0.39 is 0 Å². The quantitative estimate of drug-likeness (QED) is 0.540. The van der Waals surface area contributed by atoms with Crippen molar-refractivity contribution in [2.75, 3.05) is 12.4 Å². The molecule has 0 saturated heterocycles. The highest BCUT2D eigenvalue weighted by atomic mass is 16.5. The van der Waals surface area contributed by atoms with Crippen LogP contribution in [0.4, 0.5) is 5.69 Å². The molecule has 1 aliphatic carbocycles. The summed E-state index contributed by atoms with van der Waals surface area (Å²) in [6, 6.07) is 25.3. The molecule has 0 radical (unpaired) electrons. The normalized spacial score (nSPS) is 21.8. The first-order chi connectivity index (χ1) is 14.3. The summed E-state index contributed by atoms with van der Waals surface area (Å²) in [5, 5.41) is 3.80. The van der Waals surface area contributed by atoms with Crippen LogP contribution in [0.15, 0.2) is 84.9 Å². The zero-order valence-electron chi connectivity index (χ0n) is 16.5. The van der Waals surface area contributed by atoms with Crippen LogP contribution in [0.3, 0.4) is 0 Å². The van der Waals surface area contributed by atoms with E-state index in [1.165, 1.54) is 22.4 Å². The van der Waals surface area contributed by atoms with E-state index in [1.54, 1.807) is 7.11 Å². The molecule has 146 valence electrons. The van der Waals surface area contributed by atoms with Gasteiger partial charge in [0.25, 0.3) is 0 Å². The Morgan fingerprint density at radius 2 is 1.76 bits per heavy atom. The van der Waals surface area contributed by atoms with Crippen molar-refractivity contribution in [3.63, 3.8) is 0 Å². The molecule has 3 nitrogen and oxygen atoms in total. The second-order valence-corrected chi connectivity index (χ2v) is 7.74. The van der Waals surface area contributed by atoms with Crippen LogP contribution in [0.5, 0.6) is 11.5 Å². The number of allylic oxidation sites excluding steroid dienone is 2. The second kappa shape index (κ2) is 7.67. The average molecular weight is 383 g/mol. The predicted octanol–water partition coefficient (Wildman–Crippen LogP) is 6.10. The number of rotatable bonds is 5. The van der Waals surface area contributed by atoms with E-state index >= 15 is 0 Å². The minimum Gasteiger partial charge on any atom is -0.497 e. The van der Waals surface area contributed by atoms with Crippen molar-refractivity contribution in [3.05, 3.63) is 102 Å². The smallest absolute Gasteiger partial charge is 0.125 e. The lowest BCUT2D eigenvalue weighted by molar-refractivity contribution is 0.296. The van der Waals surface area contributed by atoms with Crippen molar-refractivity contribution in [1.29, 1.82) is 0 Å². The first-order valence-corrected chi connectivity index (χ1v) is 10.2. The number of hydrogen-bond donors (Lipinski definition) is 1. The number of benzene rings is 3. The van der Waals surface area contributed by atoms with Crippen LogP contribution in [0.2, 0.25) is 0 Å². The Labute approximate surface area is 172 Å². The molecule has 0 amide bonds. The van der Waals surface area contributed by atoms with E-state index in [1.807, 2.05) is 24.3 Å². The van der Waals surface area contributed by atoms with E-state index in [9.17, 15) is 0 Å². The molecule has 3 atom stereocenters. The molecule has 1 aliphatic heterocycles. The largest absolute Gasteiger partial charge is 0.497 e. The van der Waals surface area contributed by atoms with Crippen LogP contribution in [0.1, 0.15) is 35.1 Å². The van der Waals surface area contributed by atoms with Gasteiger partial charge >= 0.3 is 0 Å². The summed E-state index contributed by atoms with van der Waals surface area (Å²) < 4.78 is 11.7. The van der Waals surface area contributed by atoms with Gasteiger partial charge in [-0.2, -0.15) is 0 Å². The van der Waals surface area contributed by atoms with Crippen molar-refractivity contribution in [3.8, 4) is 11.5 Å². The SMILES string of the molecule is COc1ccc2c(c1)C1C=CCC1C(c1ccccc1OCc1ccccc1)N2. The second-order valence-electron chi connectivity index (χ2n) is 7.74. The van der Waals surface area contributed by atoms with Gasteiger partial charge in [0.15, 0.2) is 0 Å². The summed E-state index contributed by atoms with van der Waals surface area (Å²) in [7, 11) is 1.73. The number of fused-ring (bicyclic) bond motifs is 3. The van der Waals surface area contributed by atoms with E-state index in [4.69, 9.17) is 9.47 Å². The highest BCUT2D eigenvalue weighted by molar-refractivity contribution is 5.62.